The molecule has 0 aliphatic heterocycles. The summed E-state index contributed by atoms with van der Waals surface area (Å²) < 4.78 is 12.4. The normalized spacial score (nSPS) is 27.4. The van der Waals surface area contributed by atoms with Crippen LogP contribution in [0.4, 0.5) is 0 Å². The Morgan fingerprint density at radius 1 is 0.694 bits per heavy atom. The van der Waals surface area contributed by atoms with Crippen molar-refractivity contribution in [2.75, 3.05) is 12.5 Å². The number of carbonyl (C=O) groups excluding carboxylic acids is 2. The lowest BCUT2D eigenvalue weighted by Crippen LogP contribution is -2.45. The summed E-state index contributed by atoms with van der Waals surface area (Å²) >= 11 is 3.27. The van der Waals surface area contributed by atoms with Gasteiger partial charge in [0.05, 0.1) is 11.1 Å². The van der Waals surface area contributed by atoms with Gasteiger partial charge in [-0.15, -0.1) is 23.5 Å². The smallest absolute Gasteiger partial charge is 0.338 e. The summed E-state index contributed by atoms with van der Waals surface area (Å²) in [6.45, 7) is 0. The first-order chi connectivity index (χ1) is 17.6. The predicted molar refractivity (Wildman–Crippen MR) is 143 cm³/mol. The lowest BCUT2D eigenvalue weighted by atomic mass is 9.76. The largest absolute Gasteiger partial charge is 0.455 e. The Balaban J connectivity index is 1.28. The van der Waals surface area contributed by atoms with Gasteiger partial charge >= 0.3 is 11.9 Å². The molecule has 3 aromatic rings. The van der Waals surface area contributed by atoms with Gasteiger partial charge in [-0.3, -0.25) is 0 Å². The average molecular weight is 517 g/mol. The number of esters is 2. The maximum absolute atomic E-state index is 13.2. The molecule has 3 aliphatic rings. The fourth-order valence-electron chi connectivity index (χ4n) is 6.61. The van der Waals surface area contributed by atoms with Crippen LogP contribution in [0.2, 0.25) is 0 Å². The van der Waals surface area contributed by atoms with E-state index < -0.39 is 12.2 Å². The van der Waals surface area contributed by atoms with E-state index in [1.165, 1.54) is 11.1 Å². The van der Waals surface area contributed by atoms with Crippen LogP contribution in [0.3, 0.4) is 0 Å². The Kier molecular flexibility index (Phi) is 6.34. The Labute approximate surface area is 220 Å². The van der Waals surface area contributed by atoms with Gasteiger partial charge in [0.25, 0.3) is 0 Å². The second-order valence-corrected chi connectivity index (χ2v) is 11.6. The van der Waals surface area contributed by atoms with Gasteiger partial charge in [-0.25, -0.2) is 9.59 Å². The molecule has 6 rings (SSSR count). The molecule has 0 saturated heterocycles. The van der Waals surface area contributed by atoms with E-state index in [-0.39, 0.29) is 23.8 Å². The molecule has 2 fully saturated rings. The van der Waals surface area contributed by atoms with E-state index in [4.69, 9.17) is 9.47 Å². The second-order valence-electron chi connectivity index (χ2n) is 9.85. The molecule has 3 aliphatic carbocycles. The quantitative estimate of drug-likeness (QED) is 0.276. The molecule has 0 heterocycles. The summed E-state index contributed by atoms with van der Waals surface area (Å²) in [7, 11) is 0. The molecular formula is C30H28O4S2. The van der Waals surface area contributed by atoms with Crippen LogP contribution < -0.4 is 0 Å². The van der Waals surface area contributed by atoms with Gasteiger partial charge in [0.15, 0.2) is 0 Å². The van der Waals surface area contributed by atoms with Crippen molar-refractivity contribution >= 4 is 35.5 Å². The first-order valence-electron chi connectivity index (χ1n) is 12.3. The van der Waals surface area contributed by atoms with E-state index in [0.717, 1.165) is 22.6 Å². The molecule has 0 spiro atoms. The number of hydrogen-bond acceptors (Lipinski definition) is 6. The van der Waals surface area contributed by atoms with E-state index >= 15 is 0 Å². The van der Waals surface area contributed by atoms with E-state index in [9.17, 15) is 9.59 Å². The van der Waals surface area contributed by atoms with Crippen molar-refractivity contribution in [1.82, 2.24) is 0 Å². The Morgan fingerprint density at radius 2 is 1.22 bits per heavy atom. The van der Waals surface area contributed by atoms with Crippen molar-refractivity contribution in [2.45, 2.75) is 40.8 Å². The van der Waals surface area contributed by atoms with Crippen molar-refractivity contribution < 1.29 is 19.1 Å². The third-order valence-corrected chi connectivity index (χ3v) is 9.68. The zero-order chi connectivity index (χ0) is 24.8. The first-order valence-corrected chi connectivity index (χ1v) is 14.8. The lowest BCUT2D eigenvalue weighted by molar-refractivity contribution is -0.0698. The van der Waals surface area contributed by atoms with E-state index in [0.29, 0.717) is 23.0 Å². The summed E-state index contributed by atoms with van der Waals surface area (Å²) in [5.74, 6) is 0.387. The number of hydrogen-bond donors (Lipinski definition) is 0. The van der Waals surface area contributed by atoms with Gasteiger partial charge in [0.2, 0.25) is 0 Å². The lowest BCUT2D eigenvalue weighted by Gasteiger charge is -2.37. The maximum Gasteiger partial charge on any atom is 0.338 e. The van der Waals surface area contributed by atoms with Gasteiger partial charge < -0.3 is 9.47 Å². The number of carbonyl (C=O) groups is 2. The van der Waals surface area contributed by atoms with Crippen molar-refractivity contribution in [3.8, 4) is 0 Å². The van der Waals surface area contributed by atoms with E-state index in [2.05, 4.69) is 24.3 Å². The molecule has 6 atom stereocenters. The molecule has 0 radical (unpaired) electrons. The standard InChI is InChI=1S/C30H28O4S2/c1-35-20-11-7-17(8-12-20)29(31)33-27-24-16-25(26-22-6-4-3-5-19(22)15-23(24)26)28(27)34-30(32)18-9-13-21(36-2)14-10-18/h3-14,23-28H,15-16H2,1-2H3. The van der Waals surface area contributed by atoms with Crippen LogP contribution in [0.25, 0.3) is 0 Å². The molecule has 0 N–H and O–H groups in total. The zero-order valence-corrected chi connectivity index (χ0v) is 21.9. The zero-order valence-electron chi connectivity index (χ0n) is 20.3. The number of ether oxygens (including phenoxy) is 2. The van der Waals surface area contributed by atoms with E-state index in [1.54, 1.807) is 23.5 Å². The summed E-state index contributed by atoms with van der Waals surface area (Å²) in [4.78, 5) is 28.6. The molecule has 36 heavy (non-hydrogen) atoms. The van der Waals surface area contributed by atoms with Crippen LogP contribution in [0.5, 0.6) is 0 Å². The number of thioether (sulfide) groups is 2. The molecule has 0 aromatic heterocycles. The van der Waals surface area contributed by atoms with Crippen molar-refractivity contribution in [3.05, 3.63) is 95.1 Å². The first kappa shape index (κ1) is 23.7. The van der Waals surface area contributed by atoms with Gasteiger partial charge in [-0.05, 0) is 96.8 Å². The molecule has 0 amide bonds. The highest BCUT2D eigenvalue weighted by Gasteiger charge is 2.63. The topological polar surface area (TPSA) is 52.6 Å². The minimum atomic E-state index is -0.454. The van der Waals surface area contributed by atoms with Crippen LogP contribution in [0, 0.1) is 17.8 Å². The van der Waals surface area contributed by atoms with Gasteiger partial charge in [-0.2, -0.15) is 0 Å². The monoisotopic (exact) mass is 516 g/mol. The minimum absolute atomic E-state index is 0.148. The summed E-state index contributed by atoms with van der Waals surface area (Å²) in [5, 5.41) is 0. The molecule has 184 valence electrons. The van der Waals surface area contributed by atoms with Crippen molar-refractivity contribution in [1.29, 1.82) is 0 Å². The van der Waals surface area contributed by atoms with Gasteiger partial charge in [-0.1, -0.05) is 24.3 Å². The van der Waals surface area contributed by atoms with Crippen molar-refractivity contribution in [3.63, 3.8) is 0 Å². The minimum Gasteiger partial charge on any atom is -0.455 e. The molecular weight excluding hydrogens is 488 g/mol. The highest BCUT2D eigenvalue weighted by atomic mass is 32.2. The Bertz CT molecular complexity index is 1290. The third kappa shape index (κ3) is 4.04. The van der Waals surface area contributed by atoms with Gasteiger partial charge in [0, 0.05) is 21.6 Å². The third-order valence-electron chi connectivity index (χ3n) is 8.19. The molecule has 6 heteroatoms. The van der Waals surface area contributed by atoms with Crippen molar-refractivity contribution in [2.24, 2.45) is 17.8 Å². The summed E-state index contributed by atoms with van der Waals surface area (Å²) in [5.41, 5.74) is 3.80. The number of benzene rings is 3. The van der Waals surface area contributed by atoms with Crippen LogP contribution in [-0.2, 0) is 15.9 Å². The number of rotatable bonds is 6. The molecule has 4 nitrogen and oxygen atoms in total. The van der Waals surface area contributed by atoms with Crippen LogP contribution in [-0.4, -0.2) is 36.7 Å². The highest BCUT2D eigenvalue weighted by Crippen LogP contribution is 2.62. The molecule has 2 saturated carbocycles. The summed E-state index contributed by atoms with van der Waals surface area (Å²) in [6.07, 6.45) is 5.03. The average Bonchev–Trinajstić information content (AvgIpc) is 3.58. The number of fused-ring (bicyclic) bond motifs is 7. The predicted octanol–water partition coefficient (Wildman–Crippen LogP) is 6.49. The molecule has 2 bridgehead atoms. The summed E-state index contributed by atoms with van der Waals surface area (Å²) in [6, 6.07) is 23.6. The Morgan fingerprint density at radius 3 is 1.78 bits per heavy atom. The van der Waals surface area contributed by atoms with Gasteiger partial charge in [0.1, 0.15) is 12.2 Å². The SMILES string of the molecule is CSc1ccc(C(=O)OC2C3CC(C2OC(=O)c2ccc(SC)cc2)C2c4ccccc4CC32)cc1. The van der Waals surface area contributed by atoms with Crippen LogP contribution in [0.15, 0.2) is 82.6 Å². The Hall–Kier alpha value is -2.70. The molecule has 3 aromatic carbocycles. The highest BCUT2D eigenvalue weighted by molar-refractivity contribution is 7.98. The van der Waals surface area contributed by atoms with Crippen LogP contribution in [0.1, 0.15) is 44.2 Å². The second kappa shape index (κ2) is 9.64. The maximum atomic E-state index is 13.2. The molecule has 6 unspecified atom stereocenters. The fraction of sp³-hybridized carbons (Fsp3) is 0.333. The van der Waals surface area contributed by atoms with Crippen LogP contribution >= 0.6 is 23.5 Å². The fourth-order valence-corrected chi connectivity index (χ4v) is 7.42. The van der Waals surface area contributed by atoms with E-state index in [1.807, 2.05) is 61.0 Å².